The first-order chi connectivity index (χ1) is 7.56. The molecule has 0 heterocycles. The summed E-state index contributed by atoms with van der Waals surface area (Å²) in [7, 11) is 2.83. The van der Waals surface area contributed by atoms with Gasteiger partial charge in [-0.3, -0.25) is 4.79 Å². The van der Waals surface area contributed by atoms with E-state index in [1.165, 1.54) is 14.2 Å². The number of carbonyl (C=O) groups excluding carboxylic acids is 1. The van der Waals surface area contributed by atoms with Gasteiger partial charge in [-0.05, 0) is 6.07 Å². The molecular formula is C11H13F2NO2. The van der Waals surface area contributed by atoms with Crippen molar-refractivity contribution in [2.75, 3.05) is 14.2 Å². The number of nitrogens with zero attached hydrogens (tertiary/aromatic N) is 1. The van der Waals surface area contributed by atoms with Gasteiger partial charge in [0, 0.05) is 19.2 Å². The van der Waals surface area contributed by atoms with Crippen molar-refractivity contribution in [2.24, 2.45) is 0 Å². The zero-order valence-corrected chi connectivity index (χ0v) is 9.11. The molecule has 0 aliphatic rings. The van der Waals surface area contributed by atoms with Crippen molar-refractivity contribution < 1.29 is 18.3 Å². The van der Waals surface area contributed by atoms with Crippen LogP contribution in [0.25, 0.3) is 0 Å². The third kappa shape index (κ3) is 2.92. The topological polar surface area (TPSA) is 29.5 Å². The van der Waals surface area contributed by atoms with Crippen LogP contribution in [0.2, 0.25) is 0 Å². The second-order valence-electron chi connectivity index (χ2n) is 3.31. The number of carbonyl (C=O) groups is 1. The van der Waals surface area contributed by atoms with Gasteiger partial charge in [0.05, 0.1) is 7.11 Å². The van der Waals surface area contributed by atoms with Crippen molar-refractivity contribution in [1.29, 1.82) is 0 Å². The molecule has 0 aliphatic heterocycles. The zero-order valence-electron chi connectivity index (χ0n) is 9.11. The van der Waals surface area contributed by atoms with Gasteiger partial charge < -0.3 is 9.64 Å². The van der Waals surface area contributed by atoms with Crippen LogP contribution in [0.4, 0.5) is 8.78 Å². The van der Waals surface area contributed by atoms with Gasteiger partial charge in [-0.25, -0.2) is 0 Å². The van der Waals surface area contributed by atoms with Crippen molar-refractivity contribution in [3.05, 3.63) is 29.8 Å². The average molecular weight is 229 g/mol. The molecule has 1 amide bonds. The van der Waals surface area contributed by atoms with Crippen LogP contribution in [0, 0.1) is 0 Å². The molecule has 5 heteroatoms. The lowest BCUT2D eigenvalue weighted by Crippen LogP contribution is -2.31. The minimum Gasteiger partial charge on any atom is -0.496 e. The van der Waals surface area contributed by atoms with E-state index in [9.17, 15) is 13.6 Å². The number of benzene rings is 1. The fraction of sp³-hybridized carbons (Fsp3) is 0.364. The Morgan fingerprint density at radius 1 is 1.44 bits per heavy atom. The molecule has 0 aliphatic carbocycles. The minimum absolute atomic E-state index is 0.104. The molecule has 0 unspecified atom stereocenters. The van der Waals surface area contributed by atoms with Gasteiger partial charge in [-0.2, -0.15) is 8.78 Å². The Balaban J connectivity index is 2.76. The maximum Gasteiger partial charge on any atom is 0.315 e. The van der Waals surface area contributed by atoms with E-state index in [4.69, 9.17) is 4.74 Å². The monoisotopic (exact) mass is 229 g/mol. The molecule has 1 aromatic rings. The Hall–Kier alpha value is -1.65. The van der Waals surface area contributed by atoms with Gasteiger partial charge in [-0.15, -0.1) is 0 Å². The lowest BCUT2D eigenvalue weighted by molar-refractivity contribution is -0.141. The van der Waals surface area contributed by atoms with Gasteiger partial charge in [0.25, 0.3) is 5.91 Å². The summed E-state index contributed by atoms with van der Waals surface area (Å²) in [5.41, 5.74) is 0.696. The van der Waals surface area contributed by atoms with Crippen molar-refractivity contribution in [1.82, 2.24) is 4.90 Å². The van der Waals surface area contributed by atoms with E-state index in [2.05, 4.69) is 0 Å². The van der Waals surface area contributed by atoms with Crippen LogP contribution in [0.5, 0.6) is 5.75 Å². The van der Waals surface area contributed by atoms with Crippen molar-refractivity contribution in [3.63, 3.8) is 0 Å². The summed E-state index contributed by atoms with van der Waals surface area (Å²) in [6.07, 6.45) is -2.97. The van der Waals surface area contributed by atoms with E-state index in [1.807, 2.05) is 0 Å². The molecular weight excluding hydrogens is 216 g/mol. The Morgan fingerprint density at radius 2 is 2.06 bits per heavy atom. The SMILES string of the molecule is COc1ccccc1CN(C)C(=O)C(F)F. The van der Waals surface area contributed by atoms with Crippen LogP contribution in [-0.4, -0.2) is 31.4 Å². The molecule has 0 radical (unpaired) electrons. The minimum atomic E-state index is -2.97. The van der Waals surface area contributed by atoms with E-state index in [0.29, 0.717) is 11.3 Å². The summed E-state index contributed by atoms with van der Waals surface area (Å²) in [5, 5.41) is 0. The number of hydrogen-bond acceptors (Lipinski definition) is 2. The summed E-state index contributed by atoms with van der Waals surface area (Å²) < 4.78 is 29.3. The van der Waals surface area contributed by atoms with E-state index in [0.717, 1.165) is 4.90 Å². The maximum atomic E-state index is 12.1. The molecule has 0 fully saturated rings. The fourth-order valence-electron chi connectivity index (χ4n) is 1.33. The average Bonchev–Trinajstić information content (AvgIpc) is 2.28. The van der Waals surface area contributed by atoms with Gasteiger partial charge in [0.15, 0.2) is 0 Å². The first kappa shape index (κ1) is 12.4. The summed E-state index contributed by atoms with van der Waals surface area (Å²) in [5.74, 6) is -0.609. The van der Waals surface area contributed by atoms with Crippen LogP contribution in [0.3, 0.4) is 0 Å². The highest BCUT2D eigenvalue weighted by molar-refractivity contribution is 5.79. The molecule has 0 N–H and O–H groups in total. The van der Waals surface area contributed by atoms with Crippen LogP contribution in [-0.2, 0) is 11.3 Å². The van der Waals surface area contributed by atoms with Gasteiger partial charge >= 0.3 is 6.43 Å². The molecule has 0 spiro atoms. The van der Waals surface area contributed by atoms with Crippen LogP contribution in [0.1, 0.15) is 5.56 Å². The number of para-hydroxylation sites is 1. The van der Waals surface area contributed by atoms with E-state index in [1.54, 1.807) is 24.3 Å². The molecule has 1 rings (SSSR count). The molecule has 0 atom stereocenters. The smallest absolute Gasteiger partial charge is 0.315 e. The first-order valence-corrected chi connectivity index (χ1v) is 4.71. The Morgan fingerprint density at radius 3 is 2.62 bits per heavy atom. The third-order valence-corrected chi connectivity index (χ3v) is 2.16. The second kappa shape index (κ2) is 5.44. The van der Waals surface area contributed by atoms with Crippen LogP contribution in [0.15, 0.2) is 24.3 Å². The summed E-state index contributed by atoms with van der Waals surface area (Å²) >= 11 is 0. The molecule has 0 saturated heterocycles. The standard InChI is InChI=1S/C11H13F2NO2/c1-14(11(15)10(12)13)7-8-5-3-4-6-9(8)16-2/h3-6,10H,7H2,1-2H3. The highest BCUT2D eigenvalue weighted by Gasteiger charge is 2.20. The molecule has 0 bridgehead atoms. The molecule has 16 heavy (non-hydrogen) atoms. The number of alkyl halides is 2. The first-order valence-electron chi connectivity index (χ1n) is 4.71. The number of hydrogen-bond donors (Lipinski definition) is 0. The summed E-state index contributed by atoms with van der Waals surface area (Å²) in [6, 6.07) is 6.99. The number of halogens is 2. The Labute approximate surface area is 92.6 Å². The van der Waals surface area contributed by atoms with E-state index < -0.39 is 12.3 Å². The third-order valence-electron chi connectivity index (χ3n) is 2.16. The molecule has 3 nitrogen and oxygen atoms in total. The van der Waals surface area contributed by atoms with Crippen molar-refractivity contribution in [2.45, 2.75) is 13.0 Å². The Bertz CT molecular complexity index is 369. The van der Waals surface area contributed by atoms with Gasteiger partial charge in [0.2, 0.25) is 0 Å². The molecule has 1 aromatic carbocycles. The van der Waals surface area contributed by atoms with Gasteiger partial charge in [0.1, 0.15) is 5.75 Å². The normalized spacial score (nSPS) is 10.3. The molecule has 88 valence electrons. The second-order valence-corrected chi connectivity index (χ2v) is 3.31. The largest absolute Gasteiger partial charge is 0.496 e. The van der Waals surface area contributed by atoms with E-state index >= 15 is 0 Å². The highest BCUT2D eigenvalue weighted by atomic mass is 19.3. The maximum absolute atomic E-state index is 12.1. The summed E-state index contributed by atoms with van der Waals surface area (Å²) in [6.45, 7) is 0.104. The quantitative estimate of drug-likeness (QED) is 0.789. The molecule has 0 aromatic heterocycles. The molecule has 0 saturated carbocycles. The predicted octanol–water partition coefficient (Wildman–Crippen LogP) is 1.92. The number of methoxy groups -OCH3 is 1. The summed E-state index contributed by atoms with van der Waals surface area (Å²) in [4.78, 5) is 12.0. The lowest BCUT2D eigenvalue weighted by Gasteiger charge is -2.18. The van der Waals surface area contributed by atoms with Crippen molar-refractivity contribution >= 4 is 5.91 Å². The number of amides is 1. The Kier molecular flexibility index (Phi) is 4.22. The van der Waals surface area contributed by atoms with E-state index in [-0.39, 0.29) is 6.54 Å². The number of ether oxygens (including phenoxy) is 1. The van der Waals surface area contributed by atoms with Crippen LogP contribution >= 0.6 is 0 Å². The lowest BCUT2D eigenvalue weighted by atomic mass is 10.2. The number of rotatable bonds is 4. The fourth-order valence-corrected chi connectivity index (χ4v) is 1.33. The van der Waals surface area contributed by atoms with Gasteiger partial charge in [-0.1, -0.05) is 18.2 Å². The highest BCUT2D eigenvalue weighted by Crippen LogP contribution is 2.19. The zero-order chi connectivity index (χ0) is 12.1. The van der Waals surface area contributed by atoms with Crippen LogP contribution < -0.4 is 4.74 Å². The predicted molar refractivity (Wildman–Crippen MR) is 55.5 cm³/mol. The van der Waals surface area contributed by atoms with Crippen molar-refractivity contribution in [3.8, 4) is 5.75 Å².